The lowest BCUT2D eigenvalue weighted by Gasteiger charge is -2.13. The SMILES string of the molecule is C/C(Cc1cccc(N)c1F)=C(/C)c1ccc(Oc2ncccn2)cc1C. The average Bonchev–Trinajstić information content (AvgIpc) is 2.66. The van der Waals surface area contributed by atoms with E-state index in [2.05, 4.69) is 9.97 Å². The molecule has 2 N–H and O–H groups in total. The minimum Gasteiger partial charge on any atom is -0.424 e. The van der Waals surface area contributed by atoms with E-state index in [1.165, 1.54) is 0 Å². The van der Waals surface area contributed by atoms with Crippen LogP contribution >= 0.6 is 0 Å². The first kappa shape index (κ1) is 18.6. The number of aromatic nitrogens is 2. The van der Waals surface area contributed by atoms with Crippen LogP contribution in [0.5, 0.6) is 11.8 Å². The molecule has 0 unspecified atom stereocenters. The van der Waals surface area contributed by atoms with Crippen LogP contribution in [0.15, 0.2) is 60.4 Å². The maximum absolute atomic E-state index is 14.2. The first-order valence-electron chi connectivity index (χ1n) is 8.71. The van der Waals surface area contributed by atoms with Crippen molar-refractivity contribution in [2.24, 2.45) is 0 Å². The topological polar surface area (TPSA) is 61.0 Å². The minimum absolute atomic E-state index is 0.179. The Hall–Kier alpha value is -3.21. The normalized spacial score (nSPS) is 11.9. The molecule has 0 saturated carbocycles. The molecule has 0 bridgehead atoms. The quantitative estimate of drug-likeness (QED) is 0.622. The molecule has 0 radical (unpaired) electrons. The number of nitrogens with two attached hydrogens (primary N) is 1. The van der Waals surface area contributed by atoms with Gasteiger partial charge in [-0.25, -0.2) is 14.4 Å². The van der Waals surface area contributed by atoms with Crippen molar-refractivity contribution in [1.29, 1.82) is 0 Å². The Morgan fingerprint density at radius 2 is 1.81 bits per heavy atom. The first-order chi connectivity index (χ1) is 13.0. The number of anilines is 1. The molecule has 0 atom stereocenters. The number of allylic oxidation sites excluding steroid dienone is 2. The van der Waals surface area contributed by atoms with Crippen molar-refractivity contribution in [2.45, 2.75) is 27.2 Å². The molecule has 3 rings (SSSR count). The molecule has 0 fully saturated rings. The molecule has 0 aliphatic carbocycles. The van der Waals surface area contributed by atoms with Crippen LogP contribution in [0.25, 0.3) is 5.57 Å². The number of halogens is 1. The third-order valence-electron chi connectivity index (χ3n) is 4.56. The maximum Gasteiger partial charge on any atom is 0.321 e. The Morgan fingerprint density at radius 3 is 2.52 bits per heavy atom. The number of hydrogen-bond acceptors (Lipinski definition) is 4. The van der Waals surface area contributed by atoms with Gasteiger partial charge in [-0.2, -0.15) is 0 Å². The van der Waals surface area contributed by atoms with Crippen molar-refractivity contribution >= 4 is 11.3 Å². The van der Waals surface area contributed by atoms with Gasteiger partial charge in [0, 0.05) is 12.4 Å². The lowest BCUT2D eigenvalue weighted by molar-refractivity contribution is 0.441. The third kappa shape index (κ3) is 4.31. The number of rotatable bonds is 5. The first-order valence-corrected chi connectivity index (χ1v) is 8.71. The molecule has 27 heavy (non-hydrogen) atoms. The summed E-state index contributed by atoms with van der Waals surface area (Å²) in [6.07, 6.45) is 3.78. The molecule has 0 saturated heterocycles. The summed E-state index contributed by atoms with van der Waals surface area (Å²) < 4.78 is 19.9. The fourth-order valence-corrected chi connectivity index (χ4v) is 2.95. The van der Waals surface area contributed by atoms with Gasteiger partial charge in [0.15, 0.2) is 0 Å². The Labute approximate surface area is 158 Å². The van der Waals surface area contributed by atoms with Gasteiger partial charge in [0.25, 0.3) is 0 Å². The molecule has 138 valence electrons. The lowest BCUT2D eigenvalue weighted by Crippen LogP contribution is -1.99. The second kappa shape index (κ2) is 7.99. The zero-order chi connectivity index (χ0) is 19.4. The van der Waals surface area contributed by atoms with Gasteiger partial charge in [-0.1, -0.05) is 23.8 Å². The Bertz CT molecular complexity index is 984. The molecule has 0 spiro atoms. The third-order valence-corrected chi connectivity index (χ3v) is 4.56. The largest absolute Gasteiger partial charge is 0.424 e. The van der Waals surface area contributed by atoms with Crippen LogP contribution in [0.1, 0.15) is 30.5 Å². The van der Waals surface area contributed by atoms with E-state index in [1.54, 1.807) is 36.7 Å². The number of benzene rings is 2. The number of aryl methyl sites for hydroxylation is 1. The van der Waals surface area contributed by atoms with Crippen LogP contribution in [0.4, 0.5) is 10.1 Å². The molecule has 0 aliphatic rings. The zero-order valence-corrected chi connectivity index (χ0v) is 15.7. The van der Waals surface area contributed by atoms with Crippen molar-refractivity contribution in [3.63, 3.8) is 0 Å². The van der Waals surface area contributed by atoms with Gasteiger partial charge in [0.1, 0.15) is 11.6 Å². The van der Waals surface area contributed by atoms with Crippen LogP contribution < -0.4 is 10.5 Å². The van der Waals surface area contributed by atoms with Crippen molar-refractivity contribution in [1.82, 2.24) is 9.97 Å². The van der Waals surface area contributed by atoms with E-state index >= 15 is 0 Å². The fraction of sp³-hybridized carbons (Fsp3) is 0.182. The van der Waals surface area contributed by atoms with Gasteiger partial charge in [-0.15, -0.1) is 0 Å². The van der Waals surface area contributed by atoms with E-state index in [9.17, 15) is 4.39 Å². The number of nitrogens with zero attached hydrogens (tertiary/aromatic N) is 2. The minimum atomic E-state index is -0.340. The van der Waals surface area contributed by atoms with Crippen LogP contribution in [0, 0.1) is 12.7 Å². The monoisotopic (exact) mass is 363 g/mol. The standard InChI is InChI=1S/C22H22FN3O/c1-14(12-17-6-4-7-20(24)21(17)23)16(3)19-9-8-18(13-15(19)2)27-22-25-10-5-11-26-22/h4-11,13H,12,24H2,1-3H3/b16-14+. The maximum atomic E-state index is 14.2. The molecule has 0 amide bonds. The van der Waals surface area contributed by atoms with Gasteiger partial charge in [-0.05, 0) is 73.7 Å². The highest BCUT2D eigenvalue weighted by Gasteiger charge is 2.10. The summed E-state index contributed by atoms with van der Waals surface area (Å²) in [5.74, 6) is 0.336. The Morgan fingerprint density at radius 1 is 1.07 bits per heavy atom. The summed E-state index contributed by atoms with van der Waals surface area (Å²) in [7, 11) is 0. The summed E-state index contributed by atoms with van der Waals surface area (Å²) in [6.45, 7) is 6.08. The highest BCUT2D eigenvalue weighted by atomic mass is 19.1. The zero-order valence-electron chi connectivity index (χ0n) is 15.7. The van der Waals surface area contributed by atoms with Gasteiger partial charge in [0.2, 0.25) is 0 Å². The van der Waals surface area contributed by atoms with Gasteiger partial charge >= 0.3 is 6.01 Å². The highest BCUT2D eigenvalue weighted by Crippen LogP contribution is 2.29. The Balaban J connectivity index is 1.84. The van der Waals surface area contributed by atoms with E-state index in [4.69, 9.17) is 10.5 Å². The second-order valence-electron chi connectivity index (χ2n) is 6.51. The van der Waals surface area contributed by atoms with E-state index in [-0.39, 0.29) is 11.5 Å². The molecule has 0 aliphatic heterocycles. The predicted octanol–water partition coefficient (Wildman–Crippen LogP) is 5.33. The van der Waals surface area contributed by atoms with Crippen LogP contribution in [-0.4, -0.2) is 9.97 Å². The summed E-state index contributed by atoms with van der Waals surface area (Å²) in [4.78, 5) is 8.13. The van der Waals surface area contributed by atoms with E-state index in [0.29, 0.717) is 23.7 Å². The molecule has 1 heterocycles. The van der Waals surface area contributed by atoms with E-state index in [1.807, 2.05) is 39.0 Å². The van der Waals surface area contributed by atoms with Crippen molar-refractivity contribution < 1.29 is 9.13 Å². The summed E-state index contributed by atoms with van der Waals surface area (Å²) in [5.41, 5.74) is 10.8. The van der Waals surface area contributed by atoms with E-state index < -0.39 is 0 Å². The molecule has 3 aromatic rings. The fourth-order valence-electron chi connectivity index (χ4n) is 2.95. The summed E-state index contributed by atoms with van der Waals surface area (Å²) in [5, 5.41) is 0. The van der Waals surface area contributed by atoms with Crippen LogP contribution in [0.3, 0.4) is 0 Å². The molecule has 5 heteroatoms. The van der Waals surface area contributed by atoms with Crippen molar-refractivity contribution in [2.75, 3.05) is 5.73 Å². The van der Waals surface area contributed by atoms with Gasteiger partial charge < -0.3 is 10.5 Å². The van der Waals surface area contributed by atoms with Gasteiger partial charge in [-0.3, -0.25) is 0 Å². The molecular weight excluding hydrogens is 341 g/mol. The predicted molar refractivity (Wildman–Crippen MR) is 106 cm³/mol. The van der Waals surface area contributed by atoms with Crippen molar-refractivity contribution in [3.8, 4) is 11.8 Å². The molecule has 1 aromatic heterocycles. The van der Waals surface area contributed by atoms with Crippen molar-refractivity contribution in [3.05, 3.63) is 82.9 Å². The van der Waals surface area contributed by atoms with E-state index in [0.717, 1.165) is 22.3 Å². The van der Waals surface area contributed by atoms with Crippen LogP contribution in [0.2, 0.25) is 0 Å². The average molecular weight is 363 g/mol. The summed E-state index contributed by atoms with van der Waals surface area (Å²) >= 11 is 0. The molecule has 4 nitrogen and oxygen atoms in total. The Kier molecular flexibility index (Phi) is 5.50. The highest BCUT2D eigenvalue weighted by molar-refractivity contribution is 5.70. The lowest BCUT2D eigenvalue weighted by atomic mass is 9.94. The van der Waals surface area contributed by atoms with Gasteiger partial charge in [0.05, 0.1) is 5.69 Å². The number of nitrogen functional groups attached to an aromatic ring is 1. The van der Waals surface area contributed by atoms with Crippen LogP contribution in [-0.2, 0) is 6.42 Å². The summed E-state index contributed by atoms with van der Waals surface area (Å²) in [6, 6.07) is 13.0. The second-order valence-corrected chi connectivity index (χ2v) is 6.51. The molecule has 2 aromatic carbocycles. The number of ether oxygens (including phenoxy) is 1. The molecular formula is C22H22FN3O. The number of hydrogen-bond donors (Lipinski definition) is 1. The smallest absolute Gasteiger partial charge is 0.321 e.